The van der Waals surface area contributed by atoms with Crippen LogP contribution in [0.3, 0.4) is 0 Å². The van der Waals surface area contributed by atoms with E-state index in [9.17, 15) is 0 Å². The molecule has 0 saturated carbocycles. The molecule has 1 aromatic carbocycles. The van der Waals surface area contributed by atoms with Gasteiger partial charge in [-0.15, -0.1) is 0 Å². The van der Waals surface area contributed by atoms with E-state index < -0.39 is 0 Å². The summed E-state index contributed by atoms with van der Waals surface area (Å²) in [5.74, 6) is 0.488. The molecule has 2 heterocycles. The van der Waals surface area contributed by atoms with E-state index in [1.165, 1.54) is 12.0 Å². The first-order valence-electron chi connectivity index (χ1n) is 6.33. The smallest absolute Gasteiger partial charge is 0.127 e. The van der Waals surface area contributed by atoms with Gasteiger partial charge in [0.1, 0.15) is 12.1 Å². The zero-order chi connectivity index (χ0) is 13.1. The number of nitrogens with two attached hydrogens (primary N) is 1. The lowest BCUT2D eigenvalue weighted by atomic mass is 10.1. The fraction of sp³-hybridized carbons (Fsp3) is 0.286. The van der Waals surface area contributed by atoms with Crippen LogP contribution in [0.1, 0.15) is 0 Å². The van der Waals surface area contributed by atoms with Crippen molar-refractivity contribution in [3.63, 3.8) is 0 Å². The quantitative estimate of drug-likeness (QED) is 0.883. The maximum atomic E-state index is 5.67. The lowest BCUT2D eigenvalue weighted by Gasteiger charge is -2.28. The Hall–Kier alpha value is -2.14. The van der Waals surface area contributed by atoms with Gasteiger partial charge in [-0.1, -0.05) is 12.1 Å². The highest BCUT2D eigenvalue weighted by atomic mass is 16.5. The average molecular weight is 256 g/mol. The van der Waals surface area contributed by atoms with E-state index >= 15 is 0 Å². The molecule has 2 N–H and O–H groups in total. The molecule has 0 radical (unpaired) electrons. The number of benzene rings is 1. The molecule has 0 bridgehead atoms. The summed E-state index contributed by atoms with van der Waals surface area (Å²) in [6.07, 6.45) is 1.49. The summed E-state index contributed by atoms with van der Waals surface area (Å²) in [5.41, 5.74) is 8.78. The minimum Gasteiger partial charge on any atom is -0.384 e. The molecule has 1 fully saturated rings. The second-order valence-corrected chi connectivity index (χ2v) is 4.47. The lowest BCUT2D eigenvalue weighted by Crippen LogP contribution is -2.36. The first-order chi connectivity index (χ1) is 9.33. The van der Waals surface area contributed by atoms with Crippen molar-refractivity contribution in [2.24, 2.45) is 0 Å². The van der Waals surface area contributed by atoms with Gasteiger partial charge in [0.25, 0.3) is 0 Å². The second kappa shape index (κ2) is 5.24. The topological polar surface area (TPSA) is 64.3 Å². The fourth-order valence-corrected chi connectivity index (χ4v) is 2.19. The van der Waals surface area contributed by atoms with Gasteiger partial charge in [-0.05, 0) is 12.1 Å². The summed E-state index contributed by atoms with van der Waals surface area (Å²) in [6, 6.07) is 10.1. The molecule has 98 valence electrons. The number of nitrogen functional groups attached to an aromatic ring is 1. The molecule has 2 aromatic rings. The predicted molar refractivity (Wildman–Crippen MR) is 74.9 cm³/mol. The molecule has 1 aromatic heterocycles. The molecular weight excluding hydrogens is 240 g/mol. The van der Waals surface area contributed by atoms with E-state index in [1.54, 1.807) is 6.07 Å². The van der Waals surface area contributed by atoms with Crippen molar-refractivity contribution in [3.8, 4) is 11.3 Å². The molecular formula is C14H16N4O. The molecule has 0 atom stereocenters. The zero-order valence-corrected chi connectivity index (χ0v) is 10.6. The summed E-state index contributed by atoms with van der Waals surface area (Å²) < 4.78 is 5.35. The van der Waals surface area contributed by atoms with Crippen molar-refractivity contribution in [1.29, 1.82) is 0 Å². The molecule has 0 unspecified atom stereocenters. The van der Waals surface area contributed by atoms with Crippen molar-refractivity contribution in [2.45, 2.75) is 0 Å². The Morgan fingerprint density at radius 1 is 1.05 bits per heavy atom. The fourth-order valence-electron chi connectivity index (χ4n) is 2.19. The van der Waals surface area contributed by atoms with Crippen LogP contribution >= 0.6 is 0 Å². The van der Waals surface area contributed by atoms with Gasteiger partial charge in [0.2, 0.25) is 0 Å². The second-order valence-electron chi connectivity index (χ2n) is 4.47. The maximum absolute atomic E-state index is 5.67. The number of anilines is 2. The standard InChI is InChI=1S/C14H16N4O/c15-14-9-13(16-10-17-14)11-1-3-12(4-2-11)18-5-7-19-8-6-18/h1-4,9-10H,5-8H2,(H2,15,16,17). The Bertz CT molecular complexity index is 550. The third-order valence-corrected chi connectivity index (χ3v) is 3.23. The summed E-state index contributed by atoms with van der Waals surface area (Å²) in [7, 11) is 0. The Morgan fingerprint density at radius 2 is 1.79 bits per heavy atom. The van der Waals surface area contributed by atoms with Crippen LogP contribution in [0.25, 0.3) is 11.3 Å². The van der Waals surface area contributed by atoms with E-state index in [-0.39, 0.29) is 0 Å². The van der Waals surface area contributed by atoms with Crippen LogP contribution in [-0.4, -0.2) is 36.3 Å². The van der Waals surface area contributed by atoms with Crippen molar-refractivity contribution in [2.75, 3.05) is 36.9 Å². The molecule has 1 aliphatic heterocycles. The number of aromatic nitrogens is 2. The molecule has 5 heteroatoms. The maximum Gasteiger partial charge on any atom is 0.127 e. The highest BCUT2D eigenvalue weighted by Crippen LogP contribution is 2.22. The number of rotatable bonds is 2. The van der Waals surface area contributed by atoms with Crippen LogP contribution < -0.4 is 10.6 Å². The van der Waals surface area contributed by atoms with Crippen LogP contribution in [-0.2, 0) is 4.74 Å². The van der Waals surface area contributed by atoms with Crippen LogP contribution in [0.5, 0.6) is 0 Å². The largest absolute Gasteiger partial charge is 0.384 e. The first-order valence-corrected chi connectivity index (χ1v) is 6.33. The Balaban J connectivity index is 1.82. The lowest BCUT2D eigenvalue weighted by molar-refractivity contribution is 0.122. The SMILES string of the molecule is Nc1cc(-c2ccc(N3CCOCC3)cc2)ncn1. The molecule has 19 heavy (non-hydrogen) atoms. The third kappa shape index (κ3) is 2.66. The highest BCUT2D eigenvalue weighted by Gasteiger charge is 2.11. The molecule has 0 amide bonds. The highest BCUT2D eigenvalue weighted by molar-refractivity contribution is 5.64. The van der Waals surface area contributed by atoms with E-state index in [0.717, 1.165) is 37.6 Å². The molecule has 3 rings (SSSR count). The van der Waals surface area contributed by atoms with E-state index in [2.05, 4.69) is 39.1 Å². The van der Waals surface area contributed by atoms with Gasteiger partial charge in [-0.3, -0.25) is 0 Å². The number of hydrogen-bond acceptors (Lipinski definition) is 5. The van der Waals surface area contributed by atoms with Gasteiger partial charge in [0.05, 0.1) is 18.9 Å². The monoisotopic (exact) mass is 256 g/mol. The minimum absolute atomic E-state index is 0.488. The van der Waals surface area contributed by atoms with Crippen LogP contribution in [0.4, 0.5) is 11.5 Å². The van der Waals surface area contributed by atoms with E-state index in [1.807, 2.05) is 0 Å². The minimum atomic E-state index is 0.488. The normalized spacial score (nSPS) is 15.5. The summed E-state index contributed by atoms with van der Waals surface area (Å²) in [4.78, 5) is 10.4. The zero-order valence-electron chi connectivity index (χ0n) is 10.6. The van der Waals surface area contributed by atoms with Crippen LogP contribution in [0, 0.1) is 0 Å². The van der Waals surface area contributed by atoms with Gasteiger partial charge in [0.15, 0.2) is 0 Å². The van der Waals surface area contributed by atoms with Crippen LogP contribution in [0.15, 0.2) is 36.7 Å². The van der Waals surface area contributed by atoms with Gasteiger partial charge in [0, 0.05) is 30.4 Å². The Kier molecular flexibility index (Phi) is 3.29. The van der Waals surface area contributed by atoms with Gasteiger partial charge < -0.3 is 15.4 Å². The van der Waals surface area contributed by atoms with Crippen molar-refractivity contribution >= 4 is 11.5 Å². The third-order valence-electron chi connectivity index (χ3n) is 3.23. The predicted octanol–water partition coefficient (Wildman–Crippen LogP) is 1.56. The van der Waals surface area contributed by atoms with Gasteiger partial charge in [-0.2, -0.15) is 0 Å². The van der Waals surface area contributed by atoms with Crippen molar-refractivity contribution < 1.29 is 4.74 Å². The van der Waals surface area contributed by atoms with Crippen molar-refractivity contribution in [3.05, 3.63) is 36.7 Å². The Labute approximate surface area is 112 Å². The first kappa shape index (κ1) is 11.9. The summed E-state index contributed by atoms with van der Waals surface area (Å²) in [5, 5.41) is 0. The molecule has 0 spiro atoms. The van der Waals surface area contributed by atoms with Gasteiger partial charge in [-0.25, -0.2) is 9.97 Å². The number of morpholine rings is 1. The molecule has 5 nitrogen and oxygen atoms in total. The number of ether oxygens (including phenoxy) is 1. The van der Waals surface area contributed by atoms with Crippen molar-refractivity contribution in [1.82, 2.24) is 9.97 Å². The molecule has 1 aliphatic rings. The van der Waals surface area contributed by atoms with Gasteiger partial charge >= 0.3 is 0 Å². The molecule has 0 aliphatic carbocycles. The Morgan fingerprint density at radius 3 is 2.47 bits per heavy atom. The number of nitrogens with zero attached hydrogens (tertiary/aromatic N) is 3. The number of hydrogen-bond donors (Lipinski definition) is 1. The summed E-state index contributed by atoms with van der Waals surface area (Å²) in [6.45, 7) is 3.48. The van der Waals surface area contributed by atoms with Crippen LogP contribution in [0.2, 0.25) is 0 Å². The molecule has 1 saturated heterocycles. The van der Waals surface area contributed by atoms with E-state index in [0.29, 0.717) is 5.82 Å². The average Bonchev–Trinajstić information content (AvgIpc) is 2.48. The van der Waals surface area contributed by atoms with E-state index in [4.69, 9.17) is 10.5 Å². The summed E-state index contributed by atoms with van der Waals surface area (Å²) >= 11 is 0.